The third-order valence-corrected chi connectivity index (χ3v) is 9.40. The minimum Gasteiger partial charge on any atom is -0.378 e. The van der Waals surface area contributed by atoms with Crippen LogP contribution in [0.3, 0.4) is 0 Å². The number of aliphatic hydroxyl groups excluding tert-OH is 1. The molecule has 1 aliphatic heterocycles. The number of benzene rings is 1. The van der Waals surface area contributed by atoms with Gasteiger partial charge in [-0.15, -0.1) is 20.4 Å². The van der Waals surface area contributed by atoms with Gasteiger partial charge in [0, 0.05) is 11.8 Å². The number of carbonyl (C=O) groups excluding carboxylic acids is 2. The van der Waals surface area contributed by atoms with Gasteiger partial charge in [0.05, 0.1) is 25.2 Å². The Bertz CT molecular complexity index is 1590. The molecule has 2 fully saturated rings. The molecule has 11 nitrogen and oxygen atoms in total. The van der Waals surface area contributed by atoms with Crippen molar-refractivity contribution < 1.29 is 23.5 Å². The zero-order valence-electron chi connectivity index (χ0n) is 22.8. The van der Waals surface area contributed by atoms with Crippen molar-refractivity contribution in [2.75, 3.05) is 28.6 Å². The molecule has 0 spiro atoms. The van der Waals surface area contributed by atoms with E-state index in [1.165, 1.54) is 27.6 Å². The molecule has 3 aromatic heterocycles. The number of alkyl halides is 2. The number of pyridine rings is 1. The molecule has 3 N–H and O–H groups in total. The molecular formula is C28H28F2N8O3S2. The van der Waals surface area contributed by atoms with E-state index in [0.29, 0.717) is 27.3 Å². The molecule has 2 aliphatic rings. The van der Waals surface area contributed by atoms with Gasteiger partial charge in [-0.05, 0) is 37.0 Å². The highest BCUT2D eigenvalue weighted by Gasteiger charge is 2.44. The number of hydrogen-bond acceptors (Lipinski definition) is 11. The Labute approximate surface area is 253 Å². The molecule has 1 saturated carbocycles. The van der Waals surface area contributed by atoms with E-state index in [1.54, 1.807) is 42.5 Å². The lowest BCUT2D eigenvalue weighted by molar-refractivity contribution is -0.124. The first-order valence-electron chi connectivity index (χ1n) is 13.8. The number of aliphatic hydroxyl groups is 1. The topological polar surface area (TPSA) is 146 Å². The van der Waals surface area contributed by atoms with Crippen LogP contribution in [-0.2, 0) is 16.0 Å². The molecule has 6 rings (SSSR count). The number of nitrogens with one attached hydrogen (secondary N) is 2. The number of nitrogens with zero attached hydrogens (tertiary/aromatic N) is 6. The van der Waals surface area contributed by atoms with Crippen LogP contribution in [0.2, 0.25) is 0 Å². The molecule has 2 amide bonds. The van der Waals surface area contributed by atoms with Crippen molar-refractivity contribution in [3.05, 3.63) is 69.8 Å². The van der Waals surface area contributed by atoms with Gasteiger partial charge in [0.25, 0.3) is 11.8 Å². The second kappa shape index (κ2) is 12.3. The van der Waals surface area contributed by atoms with Crippen LogP contribution in [0.4, 0.5) is 24.9 Å². The van der Waals surface area contributed by atoms with Gasteiger partial charge in [0.15, 0.2) is 6.10 Å². The van der Waals surface area contributed by atoms with E-state index in [-0.39, 0.29) is 37.3 Å². The van der Waals surface area contributed by atoms with Gasteiger partial charge in [0.2, 0.25) is 16.2 Å². The zero-order valence-corrected chi connectivity index (χ0v) is 24.5. The Morgan fingerprint density at radius 1 is 0.930 bits per heavy atom. The van der Waals surface area contributed by atoms with Crippen LogP contribution < -0.4 is 15.5 Å². The van der Waals surface area contributed by atoms with Crippen LogP contribution in [0.25, 0.3) is 0 Å². The average Bonchev–Trinajstić information content (AvgIpc) is 3.66. The molecule has 1 saturated heterocycles. The van der Waals surface area contributed by atoms with Crippen molar-refractivity contribution >= 4 is 50.6 Å². The fourth-order valence-corrected chi connectivity index (χ4v) is 7.04. The molecule has 4 aromatic rings. The van der Waals surface area contributed by atoms with Crippen LogP contribution in [0, 0.1) is 0 Å². The lowest BCUT2D eigenvalue weighted by Gasteiger charge is -2.39. The Morgan fingerprint density at radius 2 is 1.58 bits per heavy atom. The summed E-state index contributed by atoms with van der Waals surface area (Å²) in [5.41, 5.74) is 0.975. The predicted octanol–water partition coefficient (Wildman–Crippen LogP) is 4.53. The van der Waals surface area contributed by atoms with Crippen molar-refractivity contribution in [2.45, 2.75) is 56.0 Å². The molecule has 3 unspecified atom stereocenters. The first-order valence-corrected chi connectivity index (χ1v) is 15.4. The maximum atomic E-state index is 13.2. The second-order valence-electron chi connectivity index (χ2n) is 10.7. The molecule has 1 aliphatic carbocycles. The van der Waals surface area contributed by atoms with Gasteiger partial charge < -0.3 is 15.3 Å². The molecule has 0 bridgehead atoms. The van der Waals surface area contributed by atoms with E-state index in [2.05, 4.69) is 36.0 Å². The van der Waals surface area contributed by atoms with E-state index in [4.69, 9.17) is 0 Å². The summed E-state index contributed by atoms with van der Waals surface area (Å²) in [5.74, 6) is -2.89. The number of hydrogen-bond donors (Lipinski definition) is 3. The maximum Gasteiger partial charge on any atom is 0.282 e. The molecule has 15 heteroatoms. The number of anilines is 3. The molecule has 43 heavy (non-hydrogen) atoms. The Kier molecular flexibility index (Phi) is 8.36. The minimum atomic E-state index is -2.70. The van der Waals surface area contributed by atoms with Crippen molar-refractivity contribution in [1.82, 2.24) is 25.4 Å². The van der Waals surface area contributed by atoms with Gasteiger partial charge in [-0.25, -0.2) is 13.8 Å². The Hall–Kier alpha value is -3.95. The predicted molar refractivity (Wildman–Crippen MR) is 158 cm³/mol. The fraction of sp³-hybridized carbons (Fsp3) is 0.393. The van der Waals surface area contributed by atoms with Gasteiger partial charge in [0.1, 0.15) is 15.8 Å². The van der Waals surface area contributed by atoms with Gasteiger partial charge in [-0.3, -0.25) is 14.9 Å². The number of amides is 2. The molecule has 0 radical (unpaired) electrons. The summed E-state index contributed by atoms with van der Waals surface area (Å²) in [4.78, 5) is 31.0. The number of halogens is 2. The summed E-state index contributed by atoms with van der Waals surface area (Å²) < 4.78 is 26.4. The van der Waals surface area contributed by atoms with E-state index < -0.39 is 17.9 Å². The highest BCUT2D eigenvalue weighted by molar-refractivity contribution is 7.15. The molecule has 1 aromatic carbocycles. The van der Waals surface area contributed by atoms with Crippen LogP contribution in [0.1, 0.15) is 64.9 Å². The van der Waals surface area contributed by atoms with E-state index >= 15 is 0 Å². The highest BCUT2D eigenvalue weighted by Crippen LogP contribution is 2.43. The second-order valence-corrected chi connectivity index (χ2v) is 12.7. The van der Waals surface area contributed by atoms with Gasteiger partial charge in [-0.2, -0.15) is 0 Å². The Balaban J connectivity index is 1.02. The van der Waals surface area contributed by atoms with Gasteiger partial charge in [-0.1, -0.05) is 65.5 Å². The molecule has 224 valence electrons. The van der Waals surface area contributed by atoms with Crippen LogP contribution >= 0.6 is 22.7 Å². The van der Waals surface area contributed by atoms with E-state index in [9.17, 15) is 23.5 Å². The summed E-state index contributed by atoms with van der Waals surface area (Å²) >= 11 is 2.63. The van der Waals surface area contributed by atoms with Crippen LogP contribution in [0.5, 0.6) is 0 Å². The monoisotopic (exact) mass is 626 g/mol. The Morgan fingerprint density at radius 3 is 2.23 bits per heavy atom. The highest BCUT2D eigenvalue weighted by atomic mass is 32.1. The normalized spacial score (nSPS) is 20.2. The first kappa shape index (κ1) is 29.1. The summed E-state index contributed by atoms with van der Waals surface area (Å²) in [6.07, 6.45) is 2.27. The summed E-state index contributed by atoms with van der Waals surface area (Å²) in [6, 6.07) is 13.7. The van der Waals surface area contributed by atoms with E-state index in [1.807, 2.05) is 6.07 Å². The smallest absolute Gasteiger partial charge is 0.282 e. The lowest BCUT2D eigenvalue weighted by atomic mass is 9.82. The van der Waals surface area contributed by atoms with Crippen molar-refractivity contribution in [3.63, 3.8) is 0 Å². The minimum absolute atomic E-state index is 0.0171. The molecular weight excluding hydrogens is 598 g/mol. The fourth-order valence-electron chi connectivity index (χ4n) is 5.24. The number of carbonyl (C=O) groups is 2. The van der Waals surface area contributed by atoms with E-state index in [0.717, 1.165) is 35.7 Å². The van der Waals surface area contributed by atoms with Crippen LogP contribution in [-0.4, -0.2) is 61.3 Å². The lowest BCUT2D eigenvalue weighted by Crippen LogP contribution is -2.56. The van der Waals surface area contributed by atoms with Crippen molar-refractivity contribution in [1.29, 1.82) is 0 Å². The number of rotatable bonds is 9. The summed E-state index contributed by atoms with van der Waals surface area (Å²) in [7, 11) is 0. The largest absolute Gasteiger partial charge is 0.378 e. The molecule has 4 heterocycles. The summed E-state index contributed by atoms with van der Waals surface area (Å²) in [6.45, 7) is -0.748. The summed E-state index contributed by atoms with van der Waals surface area (Å²) in [5, 5.41) is 35.0. The zero-order chi connectivity index (χ0) is 30.0. The first-order chi connectivity index (χ1) is 20.7. The third-order valence-electron chi connectivity index (χ3n) is 7.40. The standard InChI is InChI=1S/C28H28F2N8O3S2/c29-28(30)14-38(15-28)20-11-5-10-19(31-20)13-21(39)32-26-36-34-24(42-26)17-8-4-9-18(12-17)25-35-37-27(43-25)33-23(41)22(40)16-6-2-1-3-7-16/h1-3,5-7,10-11,17-18,22,40H,4,8-9,12-15H2,(H,32,36,39)(H,33,37,41). The quantitative estimate of drug-likeness (QED) is 0.244. The van der Waals surface area contributed by atoms with Crippen LogP contribution in [0.15, 0.2) is 48.5 Å². The van der Waals surface area contributed by atoms with Crippen molar-refractivity contribution in [3.8, 4) is 0 Å². The molecule has 3 atom stereocenters. The van der Waals surface area contributed by atoms with Gasteiger partial charge >= 0.3 is 0 Å². The maximum absolute atomic E-state index is 13.2. The van der Waals surface area contributed by atoms with Crippen molar-refractivity contribution in [2.24, 2.45) is 0 Å². The SMILES string of the molecule is O=C(Cc1cccc(N2CC(F)(F)C2)n1)Nc1nnc(C2CCCC(c3nnc(NC(=O)C(O)c4ccccc4)s3)C2)s1. The number of aromatic nitrogens is 5. The average molecular weight is 627 g/mol. The third kappa shape index (κ3) is 7.00.